The van der Waals surface area contributed by atoms with E-state index in [9.17, 15) is 8.78 Å². The molecule has 0 N–H and O–H groups in total. The molecule has 12 heavy (non-hydrogen) atoms. The minimum atomic E-state index is -1.32. The Bertz CT molecular complexity index is 164. The van der Waals surface area contributed by atoms with Crippen molar-refractivity contribution in [3.8, 4) is 0 Å². The molecule has 1 nitrogen and oxygen atoms in total. The van der Waals surface area contributed by atoms with Gasteiger partial charge < -0.3 is 0 Å². The molecule has 72 valence electrons. The Morgan fingerprint density at radius 1 is 1.25 bits per heavy atom. The molecule has 0 bridgehead atoms. The average Bonchev–Trinajstić information content (AvgIpc) is 2.15. The van der Waals surface area contributed by atoms with Crippen LogP contribution in [0.1, 0.15) is 27.7 Å². The molecule has 0 spiro atoms. The summed E-state index contributed by atoms with van der Waals surface area (Å²) in [7, 11) is 0. The fourth-order valence-corrected chi connectivity index (χ4v) is 1.81. The summed E-state index contributed by atoms with van der Waals surface area (Å²) in [5.74, 6) is 0. The van der Waals surface area contributed by atoms with Gasteiger partial charge in [-0.25, -0.2) is 8.78 Å². The van der Waals surface area contributed by atoms with Crippen molar-refractivity contribution in [2.45, 2.75) is 51.6 Å². The molecule has 0 aromatic carbocycles. The number of alkyl halides is 2. The Labute approximate surface area is 72.7 Å². The third kappa shape index (κ3) is 1.60. The van der Waals surface area contributed by atoms with Crippen molar-refractivity contribution in [2.75, 3.05) is 6.54 Å². The van der Waals surface area contributed by atoms with Crippen molar-refractivity contribution in [3.05, 3.63) is 0 Å². The van der Waals surface area contributed by atoms with Crippen LogP contribution in [-0.4, -0.2) is 35.4 Å². The number of nitrogens with zero attached hydrogens (tertiary/aromatic N) is 1. The highest BCUT2D eigenvalue weighted by Crippen LogP contribution is 2.29. The lowest BCUT2D eigenvalue weighted by atomic mass is 10.1. The van der Waals surface area contributed by atoms with Crippen molar-refractivity contribution < 1.29 is 8.78 Å². The zero-order valence-corrected chi connectivity index (χ0v) is 8.14. The van der Waals surface area contributed by atoms with Gasteiger partial charge in [-0.1, -0.05) is 0 Å². The van der Waals surface area contributed by atoms with Crippen LogP contribution in [0.15, 0.2) is 0 Å². The second-order valence-corrected chi connectivity index (χ2v) is 4.52. The van der Waals surface area contributed by atoms with Gasteiger partial charge in [-0.05, 0) is 27.7 Å². The summed E-state index contributed by atoms with van der Waals surface area (Å²) >= 11 is 0. The van der Waals surface area contributed by atoms with Crippen molar-refractivity contribution >= 4 is 0 Å². The van der Waals surface area contributed by atoms with Gasteiger partial charge in [-0.15, -0.1) is 0 Å². The highest BCUT2D eigenvalue weighted by molar-refractivity contribution is 4.96. The first-order chi connectivity index (χ1) is 5.34. The average molecular weight is 177 g/mol. The van der Waals surface area contributed by atoms with Crippen LogP contribution in [0.2, 0.25) is 0 Å². The molecule has 0 aliphatic carbocycles. The van der Waals surface area contributed by atoms with Gasteiger partial charge in [0, 0.05) is 18.1 Å². The zero-order valence-electron chi connectivity index (χ0n) is 8.14. The number of hydrogen-bond donors (Lipinski definition) is 0. The Morgan fingerprint density at radius 2 is 1.75 bits per heavy atom. The SMILES string of the molecule is CC1[C@@H](F)[C@@H](F)CN1C(C)(C)C. The molecule has 3 heteroatoms. The van der Waals surface area contributed by atoms with Gasteiger partial charge in [0.25, 0.3) is 0 Å². The van der Waals surface area contributed by atoms with Crippen molar-refractivity contribution in [2.24, 2.45) is 0 Å². The lowest BCUT2D eigenvalue weighted by Crippen LogP contribution is -2.44. The standard InChI is InChI=1S/C9H17F2N/c1-6-8(11)7(10)5-12(6)9(2,3)4/h6-8H,5H2,1-4H3/t6?,7-,8+/m0/s1. The van der Waals surface area contributed by atoms with E-state index in [1.807, 2.05) is 25.7 Å². The molecular formula is C9H17F2N. The first-order valence-corrected chi connectivity index (χ1v) is 4.39. The van der Waals surface area contributed by atoms with Gasteiger partial charge in [0.2, 0.25) is 0 Å². The van der Waals surface area contributed by atoms with Crippen LogP contribution >= 0.6 is 0 Å². The molecular weight excluding hydrogens is 160 g/mol. The molecule has 1 heterocycles. The largest absolute Gasteiger partial charge is 0.290 e. The molecule has 0 amide bonds. The van der Waals surface area contributed by atoms with Gasteiger partial charge in [0.1, 0.15) is 12.3 Å². The molecule has 1 fully saturated rings. The van der Waals surface area contributed by atoms with Crippen molar-refractivity contribution in [1.29, 1.82) is 0 Å². The molecule has 1 saturated heterocycles. The minimum Gasteiger partial charge on any atom is -0.290 e. The Morgan fingerprint density at radius 3 is 1.92 bits per heavy atom. The molecule has 0 radical (unpaired) electrons. The maximum Gasteiger partial charge on any atom is 0.148 e. The van der Waals surface area contributed by atoms with E-state index >= 15 is 0 Å². The molecule has 1 unspecified atom stereocenters. The van der Waals surface area contributed by atoms with E-state index in [1.54, 1.807) is 6.92 Å². The molecule has 3 atom stereocenters. The summed E-state index contributed by atoms with van der Waals surface area (Å²) in [5, 5.41) is 0. The first kappa shape index (κ1) is 9.90. The van der Waals surface area contributed by atoms with Crippen LogP contribution in [-0.2, 0) is 0 Å². The van der Waals surface area contributed by atoms with Gasteiger partial charge in [0.15, 0.2) is 0 Å². The van der Waals surface area contributed by atoms with Gasteiger partial charge in [0.05, 0.1) is 0 Å². The van der Waals surface area contributed by atoms with Crippen molar-refractivity contribution in [3.63, 3.8) is 0 Å². The number of hydrogen-bond acceptors (Lipinski definition) is 1. The van der Waals surface area contributed by atoms with Crippen LogP contribution in [0.4, 0.5) is 8.78 Å². The predicted molar refractivity (Wildman–Crippen MR) is 45.7 cm³/mol. The highest BCUT2D eigenvalue weighted by atomic mass is 19.2. The molecule has 0 saturated carbocycles. The minimum absolute atomic E-state index is 0.134. The summed E-state index contributed by atoms with van der Waals surface area (Å²) < 4.78 is 26.0. The van der Waals surface area contributed by atoms with Gasteiger partial charge >= 0.3 is 0 Å². The second kappa shape index (κ2) is 2.95. The van der Waals surface area contributed by atoms with Crippen LogP contribution < -0.4 is 0 Å². The smallest absolute Gasteiger partial charge is 0.148 e. The summed E-state index contributed by atoms with van der Waals surface area (Å²) in [6, 6.07) is -0.292. The normalized spacial score (nSPS) is 39.0. The van der Waals surface area contributed by atoms with Crippen LogP contribution in [0.5, 0.6) is 0 Å². The number of halogens is 2. The molecule has 1 aliphatic rings. The van der Waals surface area contributed by atoms with E-state index in [0.717, 1.165) is 0 Å². The van der Waals surface area contributed by atoms with E-state index in [2.05, 4.69) is 0 Å². The predicted octanol–water partition coefficient (Wildman–Crippen LogP) is 2.17. The molecule has 1 aliphatic heterocycles. The summed E-state index contributed by atoms with van der Waals surface area (Å²) in [5.41, 5.74) is -0.134. The topological polar surface area (TPSA) is 3.24 Å². The molecule has 0 aromatic rings. The Kier molecular flexibility index (Phi) is 2.43. The lowest BCUT2D eigenvalue weighted by molar-refractivity contribution is 0.107. The maximum absolute atomic E-state index is 13.1. The Balaban J connectivity index is 2.71. The maximum atomic E-state index is 13.1. The second-order valence-electron chi connectivity index (χ2n) is 4.52. The monoisotopic (exact) mass is 177 g/mol. The molecule has 0 aromatic heterocycles. The summed E-state index contributed by atoms with van der Waals surface area (Å²) in [4.78, 5) is 1.88. The van der Waals surface area contributed by atoms with Crippen LogP contribution in [0.3, 0.4) is 0 Å². The fourth-order valence-electron chi connectivity index (χ4n) is 1.81. The van der Waals surface area contributed by atoms with Crippen LogP contribution in [0.25, 0.3) is 0 Å². The summed E-state index contributed by atoms with van der Waals surface area (Å²) in [6.07, 6.45) is -2.62. The third-order valence-electron chi connectivity index (χ3n) is 2.53. The van der Waals surface area contributed by atoms with Gasteiger partial charge in [-0.3, -0.25) is 4.90 Å². The number of rotatable bonds is 0. The molecule has 1 rings (SSSR count). The van der Waals surface area contributed by atoms with Crippen molar-refractivity contribution in [1.82, 2.24) is 4.90 Å². The lowest BCUT2D eigenvalue weighted by Gasteiger charge is -2.35. The van der Waals surface area contributed by atoms with E-state index in [-0.39, 0.29) is 18.1 Å². The third-order valence-corrected chi connectivity index (χ3v) is 2.53. The number of likely N-dealkylation sites (tertiary alicyclic amines) is 1. The Hall–Kier alpha value is -0.180. The van der Waals surface area contributed by atoms with E-state index in [4.69, 9.17) is 0 Å². The van der Waals surface area contributed by atoms with E-state index in [0.29, 0.717) is 0 Å². The first-order valence-electron chi connectivity index (χ1n) is 4.39. The quantitative estimate of drug-likeness (QED) is 0.548. The zero-order chi connectivity index (χ0) is 9.52. The highest BCUT2D eigenvalue weighted by Gasteiger charge is 2.43. The van der Waals surface area contributed by atoms with E-state index < -0.39 is 12.3 Å². The fraction of sp³-hybridized carbons (Fsp3) is 1.00. The van der Waals surface area contributed by atoms with Gasteiger partial charge in [-0.2, -0.15) is 0 Å². The summed E-state index contributed by atoms with van der Waals surface area (Å²) in [6.45, 7) is 7.91. The van der Waals surface area contributed by atoms with Crippen LogP contribution in [0, 0.1) is 0 Å². The van der Waals surface area contributed by atoms with E-state index in [1.165, 1.54) is 0 Å².